The Morgan fingerprint density at radius 3 is 2.43 bits per heavy atom. The quantitative estimate of drug-likeness (QED) is 0.507. The Morgan fingerprint density at radius 1 is 1.07 bits per heavy atom. The summed E-state index contributed by atoms with van der Waals surface area (Å²) in [6.07, 6.45) is -0.514. The second-order valence-corrected chi connectivity index (χ2v) is 7.09. The zero-order chi connectivity index (χ0) is 19.7. The van der Waals surface area contributed by atoms with E-state index in [4.69, 9.17) is 0 Å². The minimum atomic E-state index is -4.38. The molecule has 0 atom stereocenters. The van der Waals surface area contributed by atoms with Gasteiger partial charge in [0.1, 0.15) is 0 Å². The molecular formula is C20H14F3N3OS. The van der Waals surface area contributed by atoms with E-state index in [9.17, 15) is 18.0 Å². The number of carbonyl (C=O) groups excluding carboxylic acids is 1. The number of amides is 1. The molecular weight excluding hydrogens is 387 g/mol. The Labute approximate surface area is 162 Å². The van der Waals surface area contributed by atoms with E-state index in [1.807, 2.05) is 34.3 Å². The molecule has 4 aromatic rings. The summed E-state index contributed by atoms with van der Waals surface area (Å²) in [6, 6.07) is 11.9. The maximum Gasteiger partial charge on any atom is 0.416 e. The maximum atomic E-state index is 12.6. The largest absolute Gasteiger partial charge is 0.416 e. The van der Waals surface area contributed by atoms with E-state index >= 15 is 0 Å². The molecule has 4 rings (SSSR count). The number of hydrogen-bond acceptors (Lipinski definition) is 3. The first-order chi connectivity index (χ1) is 13.4. The van der Waals surface area contributed by atoms with E-state index in [0.717, 1.165) is 28.4 Å². The lowest BCUT2D eigenvalue weighted by molar-refractivity contribution is -0.137. The summed E-state index contributed by atoms with van der Waals surface area (Å²) in [4.78, 5) is 17.6. The number of thiazole rings is 1. The summed E-state index contributed by atoms with van der Waals surface area (Å²) < 4.78 is 39.7. The van der Waals surface area contributed by atoms with Crippen LogP contribution in [0.15, 0.2) is 66.3 Å². The highest BCUT2D eigenvalue weighted by Gasteiger charge is 2.29. The zero-order valence-corrected chi connectivity index (χ0v) is 15.2. The number of nitrogens with one attached hydrogen (secondary N) is 1. The number of benzene rings is 2. The van der Waals surface area contributed by atoms with Crippen molar-refractivity contribution < 1.29 is 18.0 Å². The number of hydrogen-bond donors (Lipinski definition) is 1. The van der Waals surface area contributed by atoms with Crippen molar-refractivity contribution in [2.24, 2.45) is 0 Å². The van der Waals surface area contributed by atoms with Gasteiger partial charge in [-0.25, -0.2) is 4.98 Å². The lowest BCUT2D eigenvalue weighted by atomic mass is 10.1. The molecule has 142 valence electrons. The first kappa shape index (κ1) is 18.2. The molecule has 0 bridgehead atoms. The molecule has 0 unspecified atom stereocenters. The molecule has 2 aromatic heterocycles. The molecule has 2 aromatic carbocycles. The Balaban J connectivity index is 1.40. The Hall–Kier alpha value is -3.13. The minimum Gasteiger partial charge on any atom is -0.326 e. The van der Waals surface area contributed by atoms with Gasteiger partial charge in [0.05, 0.1) is 17.7 Å². The molecule has 0 saturated heterocycles. The highest BCUT2D eigenvalue weighted by molar-refractivity contribution is 7.15. The first-order valence-electron chi connectivity index (χ1n) is 8.37. The summed E-state index contributed by atoms with van der Waals surface area (Å²) in [5, 5.41) is 4.71. The van der Waals surface area contributed by atoms with Gasteiger partial charge in [0, 0.05) is 29.0 Å². The van der Waals surface area contributed by atoms with Crippen LogP contribution < -0.4 is 5.32 Å². The number of carbonyl (C=O) groups is 1. The van der Waals surface area contributed by atoms with Crippen LogP contribution in [0.3, 0.4) is 0 Å². The van der Waals surface area contributed by atoms with Crippen LogP contribution in [0.25, 0.3) is 16.2 Å². The summed E-state index contributed by atoms with van der Waals surface area (Å²) >= 11 is 1.55. The van der Waals surface area contributed by atoms with Crippen LogP contribution in [0.4, 0.5) is 18.9 Å². The number of nitrogens with zero attached hydrogens (tertiary/aromatic N) is 2. The van der Waals surface area contributed by atoms with E-state index in [-0.39, 0.29) is 12.3 Å². The first-order valence-corrected chi connectivity index (χ1v) is 9.25. The smallest absolute Gasteiger partial charge is 0.326 e. The van der Waals surface area contributed by atoms with E-state index in [0.29, 0.717) is 11.3 Å². The lowest BCUT2D eigenvalue weighted by Gasteiger charge is -2.08. The topological polar surface area (TPSA) is 46.4 Å². The van der Waals surface area contributed by atoms with Gasteiger partial charge in [0.15, 0.2) is 4.96 Å². The van der Waals surface area contributed by atoms with Crippen molar-refractivity contribution in [3.8, 4) is 11.3 Å². The van der Waals surface area contributed by atoms with Crippen LogP contribution in [-0.4, -0.2) is 15.3 Å². The Bertz CT molecular complexity index is 1080. The summed E-state index contributed by atoms with van der Waals surface area (Å²) in [7, 11) is 0. The number of halogens is 3. The molecule has 8 heteroatoms. The van der Waals surface area contributed by atoms with Gasteiger partial charge >= 0.3 is 6.18 Å². The van der Waals surface area contributed by atoms with Crippen molar-refractivity contribution >= 4 is 27.9 Å². The highest BCUT2D eigenvalue weighted by Crippen LogP contribution is 2.29. The fourth-order valence-corrected chi connectivity index (χ4v) is 3.49. The SMILES string of the molecule is O=C(Cc1ccc(C(F)(F)F)cc1)Nc1ccc(-c2cn3ccsc3n2)cc1. The normalized spacial score (nSPS) is 11.7. The molecule has 28 heavy (non-hydrogen) atoms. The third-order valence-corrected chi connectivity index (χ3v) is 4.97. The third kappa shape index (κ3) is 3.91. The average Bonchev–Trinajstić information content (AvgIpc) is 3.24. The van der Waals surface area contributed by atoms with Crippen molar-refractivity contribution in [2.75, 3.05) is 5.32 Å². The number of fused-ring (bicyclic) bond motifs is 1. The summed E-state index contributed by atoms with van der Waals surface area (Å²) in [5.74, 6) is -0.296. The van der Waals surface area contributed by atoms with Crippen molar-refractivity contribution in [3.63, 3.8) is 0 Å². The average molecular weight is 401 g/mol. The molecule has 0 aliphatic rings. The number of aromatic nitrogens is 2. The van der Waals surface area contributed by atoms with Gasteiger partial charge in [-0.15, -0.1) is 11.3 Å². The van der Waals surface area contributed by atoms with Gasteiger partial charge in [-0.3, -0.25) is 9.20 Å². The molecule has 0 saturated carbocycles. The molecule has 0 radical (unpaired) electrons. The maximum absolute atomic E-state index is 12.6. The van der Waals surface area contributed by atoms with Crippen molar-refractivity contribution in [1.29, 1.82) is 0 Å². The number of imidazole rings is 1. The highest BCUT2D eigenvalue weighted by atomic mass is 32.1. The summed E-state index contributed by atoms with van der Waals surface area (Å²) in [5.41, 5.74) is 2.17. The molecule has 0 aliphatic heterocycles. The van der Waals surface area contributed by atoms with Gasteiger partial charge in [-0.2, -0.15) is 13.2 Å². The number of alkyl halides is 3. The van der Waals surface area contributed by atoms with Crippen LogP contribution in [0.1, 0.15) is 11.1 Å². The Kier molecular flexibility index (Phi) is 4.64. The molecule has 0 spiro atoms. The monoisotopic (exact) mass is 401 g/mol. The molecule has 2 heterocycles. The van der Waals surface area contributed by atoms with Crippen LogP contribution >= 0.6 is 11.3 Å². The van der Waals surface area contributed by atoms with Gasteiger partial charge in [0.2, 0.25) is 5.91 Å². The van der Waals surface area contributed by atoms with E-state index < -0.39 is 11.7 Å². The second kappa shape index (κ2) is 7.12. The molecule has 0 fully saturated rings. The predicted octanol–water partition coefficient (Wildman–Crippen LogP) is 5.26. The van der Waals surface area contributed by atoms with Gasteiger partial charge in [0.25, 0.3) is 0 Å². The van der Waals surface area contributed by atoms with Gasteiger partial charge in [-0.05, 0) is 29.8 Å². The third-order valence-electron chi connectivity index (χ3n) is 4.20. The van der Waals surface area contributed by atoms with Crippen LogP contribution in [0.5, 0.6) is 0 Å². The molecule has 4 nitrogen and oxygen atoms in total. The summed E-state index contributed by atoms with van der Waals surface area (Å²) in [6.45, 7) is 0. The predicted molar refractivity (Wildman–Crippen MR) is 102 cm³/mol. The van der Waals surface area contributed by atoms with E-state index in [1.54, 1.807) is 23.5 Å². The minimum absolute atomic E-state index is 0.00277. The lowest BCUT2D eigenvalue weighted by Crippen LogP contribution is -2.14. The van der Waals surface area contributed by atoms with Crippen LogP contribution in [0.2, 0.25) is 0 Å². The standard InChI is InChI=1S/C20H14F3N3OS/c21-20(22,23)15-5-1-13(2-6-15)11-18(27)24-16-7-3-14(4-8-16)17-12-26-9-10-28-19(26)25-17/h1-10,12H,11H2,(H,24,27). The van der Waals surface area contributed by atoms with Crippen LogP contribution in [-0.2, 0) is 17.4 Å². The number of anilines is 1. The number of rotatable bonds is 4. The van der Waals surface area contributed by atoms with Crippen molar-refractivity contribution in [1.82, 2.24) is 9.38 Å². The van der Waals surface area contributed by atoms with Crippen molar-refractivity contribution in [3.05, 3.63) is 77.4 Å². The van der Waals surface area contributed by atoms with Crippen molar-refractivity contribution in [2.45, 2.75) is 12.6 Å². The molecule has 1 amide bonds. The van der Waals surface area contributed by atoms with E-state index in [1.165, 1.54) is 12.1 Å². The fraction of sp³-hybridized carbons (Fsp3) is 0.100. The van der Waals surface area contributed by atoms with Crippen LogP contribution in [0, 0.1) is 0 Å². The Morgan fingerprint density at radius 2 is 1.79 bits per heavy atom. The zero-order valence-electron chi connectivity index (χ0n) is 14.4. The molecule has 1 N–H and O–H groups in total. The fourth-order valence-electron chi connectivity index (χ4n) is 2.79. The molecule has 0 aliphatic carbocycles. The van der Waals surface area contributed by atoms with Gasteiger partial charge < -0.3 is 5.32 Å². The second-order valence-electron chi connectivity index (χ2n) is 6.22. The van der Waals surface area contributed by atoms with E-state index in [2.05, 4.69) is 10.3 Å². The van der Waals surface area contributed by atoms with Gasteiger partial charge in [-0.1, -0.05) is 24.3 Å².